The average Bonchev–Trinajstić information content (AvgIpc) is 3.17. The number of methoxy groups -OCH3 is 1. The number of anilines is 3. The minimum absolute atomic E-state index is 0.0861. The molecule has 4 rings (SSSR count). The third-order valence-corrected chi connectivity index (χ3v) is 5.80. The predicted octanol–water partition coefficient (Wildman–Crippen LogP) is 3.70. The monoisotopic (exact) mass is 483 g/mol. The van der Waals surface area contributed by atoms with Crippen LogP contribution in [0.25, 0.3) is 11.0 Å². The number of nitrogens with one attached hydrogen (secondary N) is 1. The van der Waals surface area contributed by atoms with Crippen LogP contribution in [0.3, 0.4) is 0 Å². The summed E-state index contributed by atoms with van der Waals surface area (Å²) in [7, 11) is 1.48. The van der Waals surface area contributed by atoms with Crippen LogP contribution in [0.15, 0.2) is 24.5 Å². The van der Waals surface area contributed by atoms with Gasteiger partial charge in [0.15, 0.2) is 0 Å². The molecule has 0 spiro atoms. The minimum Gasteiger partial charge on any atom is -0.385 e. The van der Waals surface area contributed by atoms with Crippen LogP contribution < -0.4 is 10.2 Å². The van der Waals surface area contributed by atoms with Crippen molar-refractivity contribution in [3.8, 4) is 0 Å². The van der Waals surface area contributed by atoms with Gasteiger partial charge in [0.05, 0.1) is 24.4 Å². The molecule has 184 valence electrons. The van der Waals surface area contributed by atoms with E-state index in [-0.39, 0.29) is 29.2 Å². The fourth-order valence-electron chi connectivity index (χ4n) is 3.97. The number of ether oxygens (including phenoxy) is 1. The van der Waals surface area contributed by atoms with E-state index in [1.54, 1.807) is 11.0 Å². The highest BCUT2D eigenvalue weighted by Gasteiger charge is 2.40. The van der Waals surface area contributed by atoms with Crippen molar-refractivity contribution in [2.45, 2.75) is 50.9 Å². The van der Waals surface area contributed by atoms with Gasteiger partial charge in [0.25, 0.3) is 0 Å². The van der Waals surface area contributed by atoms with Crippen molar-refractivity contribution in [3.05, 3.63) is 30.4 Å². The second-order valence-electron chi connectivity index (χ2n) is 8.18. The van der Waals surface area contributed by atoms with Gasteiger partial charge in [-0.25, -0.2) is 19.3 Å². The lowest BCUT2D eigenvalue weighted by atomic mass is 10.1. The Balaban J connectivity index is 1.62. The summed E-state index contributed by atoms with van der Waals surface area (Å²) in [5.41, 5.74) is 0.380. The number of halogens is 4. The fraction of sp³-hybridized carbons (Fsp3) is 0.524. The lowest BCUT2D eigenvalue weighted by molar-refractivity contribution is -0.163. The highest BCUT2D eigenvalue weighted by atomic mass is 19.4. The van der Waals surface area contributed by atoms with Gasteiger partial charge in [-0.15, -0.1) is 0 Å². The molecule has 1 saturated heterocycles. The van der Waals surface area contributed by atoms with E-state index >= 15 is 0 Å². The van der Waals surface area contributed by atoms with Crippen LogP contribution in [-0.2, 0) is 4.74 Å². The number of alkyl halides is 4. The van der Waals surface area contributed by atoms with Gasteiger partial charge in [0.2, 0.25) is 5.95 Å². The molecular formula is C21H25F4N7O2. The van der Waals surface area contributed by atoms with E-state index in [1.165, 1.54) is 32.5 Å². The first-order valence-electron chi connectivity index (χ1n) is 10.7. The molecule has 0 amide bonds. The topological polar surface area (TPSA) is 101 Å². The Morgan fingerprint density at radius 3 is 2.62 bits per heavy atom. The predicted molar refractivity (Wildman–Crippen MR) is 117 cm³/mol. The normalized spacial score (nSPS) is 21.0. The standard InChI is InChI=1S/C21H25F4N7O2/c1-11(33)19-28-14-9-27-18(8-15(14)32(19)12(2)21(23,24)25)29-17-4-6-26-20(30-17)31-7-5-16(34-3)13(22)10-31/h4,6,8-9,11-13,16,33H,5,7,10H2,1-3H3,(H,26,27,29,30)/t11-,12+,13?,16?/m1/s1. The van der Waals surface area contributed by atoms with Gasteiger partial charge in [0, 0.05) is 25.9 Å². The van der Waals surface area contributed by atoms with Crippen LogP contribution in [0.4, 0.5) is 35.1 Å². The number of nitrogens with zero attached hydrogens (tertiary/aromatic N) is 6. The number of hydrogen-bond acceptors (Lipinski definition) is 8. The molecule has 0 saturated carbocycles. The summed E-state index contributed by atoms with van der Waals surface area (Å²) in [6, 6.07) is 1.08. The van der Waals surface area contributed by atoms with E-state index in [9.17, 15) is 22.7 Å². The van der Waals surface area contributed by atoms with Crippen LogP contribution >= 0.6 is 0 Å². The highest BCUT2D eigenvalue weighted by molar-refractivity contribution is 5.79. The molecule has 1 aliphatic heterocycles. The van der Waals surface area contributed by atoms with Crippen molar-refractivity contribution in [1.29, 1.82) is 0 Å². The molecule has 0 bridgehead atoms. The zero-order valence-corrected chi connectivity index (χ0v) is 18.8. The maximum absolute atomic E-state index is 14.3. The Morgan fingerprint density at radius 1 is 1.21 bits per heavy atom. The molecular weight excluding hydrogens is 458 g/mol. The summed E-state index contributed by atoms with van der Waals surface area (Å²) in [6.45, 7) is 2.96. The third-order valence-electron chi connectivity index (χ3n) is 5.80. The summed E-state index contributed by atoms with van der Waals surface area (Å²) in [4.78, 5) is 18.7. The molecule has 1 aliphatic rings. The summed E-state index contributed by atoms with van der Waals surface area (Å²) in [6.07, 6.45) is -4.08. The lowest BCUT2D eigenvalue weighted by Crippen LogP contribution is -2.46. The van der Waals surface area contributed by atoms with Gasteiger partial charge in [-0.3, -0.25) is 0 Å². The van der Waals surface area contributed by atoms with Crippen LogP contribution in [0.5, 0.6) is 0 Å². The Bertz CT molecular complexity index is 1150. The van der Waals surface area contributed by atoms with Gasteiger partial charge in [0.1, 0.15) is 41.3 Å². The first-order chi connectivity index (χ1) is 16.1. The smallest absolute Gasteiger partial charge is 0.385 e. The van der Waals surface area contributed by atoms with Gasteiger partial charge < -0.3 is 24.6 Å². The first-order valence-corrected chi connectivity index (χ1v) is 10.7. The number of aromatic nitrogens is 5. The maximum atomic E-state index is 14.3. The molecule has 9 nitrogen and oxygen atoms in total. The number of rotatable bonds is 6. The van der Waals surface area contributed by atoms with Gasteiger partial charge in [-0.1, -0.05) is 0 Å². The number of fused-ring (bicyclic) bond motifs is 1. The van der Waals surface area contributed by atoms with Crippen molar-refractivity contribution in [2.75, 3.05) is 30.4 Å². The van der Waals surface area contributed by atoms with E-state index < -0.39 is 30.6 Å². The van der Waals surface area contributed by atoms with Crippen molar-refractivity contribution in [1.82, 2.24) is 24.5 Å². The second kappa shape index (κ2) is 9.29. The molecule has 0 aliphatic carbocycles. The molecule has 13 heteroatoms. The van der Waals surface area contributed by atoms with Crippen LogP contribution in [0.2, 0.25) is 0 Å². The molecule has 2 unspecified atom stereocenters. The van der Waals surface area contributed by atoms with Crippen LogP contribution in [0, 0.1) is 0 Å². The summed E-state index contributed by atoms with van der Waals surface area (Å²) >= 11 is 0. The van der Waals surface area contributed by atoms with Crippen molar-refractivity contribution in [3.63, 3.8) is 0 Å². The number of aliphatic hydroxyl groups is 1. The average molecular weight is 483 g/mol. The third kappa shape index (κ3) is 4.75. The minimum atomic E-state index is -4.54. The molecule has 3 aromatic heterocycles. The van der Waals surface area contributed by atoms with Gasteiger partial charge in [-0.2, -0.15) is 18.2 Å². The Hall–Kier alpha value is -3.06. The maximum Gasteiger partial charge on any atom is 0.408 e. The molecule has 0 radical (unpaired) electrons. The number of aliphatic hydroxyl groups excluding tert-OH is 1. The van der Waals surface area contributed by atoms with Crippen molar-refractivity contribution < 1.29 is 27.4 Å². The van der Waals surface area contributed by atoms with E-state index in [4.69, 9.17) is 4.74 Å². The molecule has 1 fully saturated rings. The van der Waals surface area contributed by atoms with Gasteiger partial charge in [-0.05, 0) is 26.3 Å². The molecule has 0 aromatic carbocycles. The van der Waals surface area contributed by atoms with E-state index in [1.807, 2.05) is 0 Å². The lowest BCUT2D eigenvalue weighted by Gasteiger charge is -2.33. The first kappa shape index (κ1) is 24.1. The highest BCUT2D eigenvalue weighted by Crippen LogP contribution is 2.36. The van der Waals surface area contributed by atoms with E-state index in [0.29, 0.717) is 24.7 Å². The zero-order chi connectivity index (χ0) is 24.6. The summed E-state index contributed by atoms with van der Waals surface area (Å²) < 4.78 is 60.9. The Morgan fingerprint density at radius 2 is 1.97 bits per heavy atom. The molecule has 4 heterocycles. The Labute approximate surface area is 192 Å². The Kier molecular flexibility index (Phi) is 6.58. The van der Waals surface area contributed by atoms with Crippen molar-refractivity contribution in [2.24, 2.45) is 0 Å². The molecule has 3 aromatic rings. The molecule has 34 heavy (non-hydrogen) atoms. The molecule has 2 N–H and O–H groups in total. The number of imidazole rings is 1. The summed E-state index contributed by atoms with van der Waals surface area (Å²) in [5.74, 6) is 0.775. The van der Waals surface area contributed by atoms with Crippen LogP contribution in [0.1, 0.15) is 38.2 Å². The van der Waals surface area contributed by atoms with Crippen molar-refractivity contribution >= 4 is 28.6 Å². The zero-order valence-electron chi connectivity index (χ0n) is 18.8. The quantitative estimate of drug-likeness (QED) is 0.512. The fourth-order valence-corrected chi connectivity index (χ4v) is 3.97. The summed E-state index contributed by atoms with van der Waals surface area (Å²) in [5, 5.41) is 12.9. The van der Waals surface area contributed by atoms with Crippen LogP contribution in [-0.4, -0.2) is 68.3 Å². The SMILES string of the molecule is COC1CCN(c2nccc(Nc3cc4c(cn3)nc([C@@H](C)O)n4[C@@H](C)C(F)(F)F)n2)CC1F. The van der Waals surface area contributed by atoms with E-state index in [2.05, 4.69) is 25.3 Å². The number of piperidine rings is 1. The second-order valence-corrected chi connectivity index (χ2v) is 8.18. The van der Waals surface area contributed by atoms with Gasteiger partial charge >= 0.3 is 6.18 Å². The number of pyridine rings is 1. The van der Waals surface area contributed by atoms with E-state index in [0.717, 1.165) is 11.5 Å². The number of hydrogen-bond donors (Lipinski definition) is 2. The largest absolute Gasteiger partial charge is 0.408 e. The molecule has 4 atom stereocenters.